The molecular weight excluding hydrogens is 330 g/mol. The number of pyridine rings is 1. The van der Waals surface area contributed by atoms with Crippen LogP contribution in [0.3, 0.4) is 0 Å². The van der Waals surface area contributed by atoms with Crippen LogP contribution in [-0.2, 0) is 6.54 Å². The molecule has 4 rings (SSSR count). The number of fused-ring (bicyclic) bond motifs is 1. The van der Waals surface area contributed by atoms with E-state index in [1.54, 1.807) is 23.2 Å². The van der Waals surface area contributed by atoms with Crippen molar-refractivity contribution in [3.63, 3.8) is 0 Å². The SMILES string of the molecule is Cc1cc(C)n2cnc(C(=O)NCc3ccc(-c4ccco4)cn3)c2n1. The van der Waals surface area contributed by atoms with Crippen molar-refractivity contribution in [3.8, 4) is 11.3 Å². The van der Waals surface area contributed by atoms with Crippen LogP contribution in [0.2, 0.25) is 0 Å². The molecule has 7 heteroatoms. The number of aromatic nitrogens is 4. The predicted octanol–water partition coefficient (Wildman–Crippen LogP) is 2.93. The lowest BCUT2D eigenvalue weighted by molar-refractivity contribution is 0.0947. The average Bonchev–Trinajstić information content (AvgIpc) is 3.30. The van der Waals surface area contributed by atoms with Gasteiger partial charge in [-0.25, -0.2) is 9.97 Å². The van der Waals surface area contributed by atoms with Gasteiger partial charge in [-0.2, -0.15) is 0 Å². The Labute approximate surface area is 149 Å². The molecule has 0 bridgehead atoms. The summed E-state index contributed by atoms with van der Waals surface area (Å²) in [6.45, 7) is 4.16. The maximum atomic E-state index is 12.5. The number of furan rings is 1. The van der Waals surface area contributed by atoms with E-state index in [0.29, 0.717) is 17.9 Å². The van der Waals surface area contributed by atoms with Gasteiger partial charge < -0.3 is 9.73 Å². The molecule has 0 aromatic carbocycles. The summed E-state index contributed by atoms with van der Waals surface area (Å²) in [4.78, 5) is 25.5. The molecule has 0 saturated carbocycles. The lowest BCUT2D eigenvalue weighted by Crippen LogP contribution is -2.24. The smallest absolute Gasteiger partial charge is 0.274 e. The second-order valence-electron chi connectivity index (χ2n) is 6.02. The Hall–Kier alpha value is -3.48. The summed E-state index contributed by atoms with van der Waals surface area (Å²) in [6.07, 6.45) is 4.96. The molecule has 0 aliphatic rings. The highest BCUT2D eigenvalue weighted by molar-refractivity contribution is 5.97. The molecule has 1 N–H and O–H groups in total. The van der Waals surface area contributed by atoms with Gasteiger partial charge in [0.2, 0.25) is 0 Å². The standard InChI is InChI=1S/C19H17N5O2/c1-12-8-13(2)24-11-22-17(18(24)23-12)19(25)21-10-15-6-5-14(9-20-15)16-4-3-7-26-16/h3-9,11H,10H2,1-2H3,(H,21,25). The molecule has 0 saturated heterocycles. The van der Waals surface area contributed by atoms with Crippen molar-refractivity contribution in [2.75, 3.05) is 0 Å². The monoisotopic (exact) mass is 347 g/mol. The molecule has 1 amide bonds. The number of nitrogens with one attached hydrogen (secondary N) is 1. The fourth-order valence-electron chi connectivity index (χ4n) is 2.81. The van der Waals surface area contributed by atoms with Crippen molar-refractivity contribution >= 4 is 11.6 Å². The van der Waals surface area contributed by atoms with Gasteiger partial charge in [0.1, 0.15) is 12.1 Å². The Morgan fingerprint density at radius 3 is 2.85 bits per heavy atom. The fourth-order valence-corrected chi connectivity index (χ4v) is 2.81. The third-order valence-corrected chi connectivity index (χ3v) is 4.10. The molecule has 0 fully saturated rings. The van der Waals surface area contributed by atoms with Gasteiger partial charge in [0.05, 0.1) is 18.5 Å². The van der Waals surface area contributed by atoms with E-state index in [9.17, 15) is 4.79 Å². The summed E-state index contributed by atoms with van der Waals surface area (Å²) in [5.74, 6) is 0.483. The Morgan fingerprint density at radius 1 is 1.23 bits per heavy atom. The molecule has 130 valence electrons. The molecular formula is C19H17N5O2. The Morgan fingerprint density at radius 2 is 2.12 bits per heavy atom. The summed E-state index contributed by atoms with van der Waals surface area (Å²) in [5.41, 5.74) is 4.33. The van der Waals surface area contributed by atoms with Gasteiger partial charge >= 0.3 is 0 Å². The van der Waals surface area contributed by atoms with Crippen LogP contribution in [0.1, 0.15) is 27.6 Å². The van der Waals surface area contributed by atoms with Crippen molar-refractivity contribution < 1.29 is 9.21 Å². The van der Waals surface area contributed by atoms with E-state index in [0.717, 1.165) is 28.4 Å². The third kappa shape index (κ3) is 2.95. The minimum Gasteiger partial charge on any atom is -0.464 e. The molecule has 4 aromatic rings. The first-order valence-electron chi connectivity index (χ1n) is 8.20. The molecule has 4 heterocycles. The molecule has 4 aromatic heterocycles. The van der Waals surface area contributed by atoms with Crippen molar-refractivity contribution in [2.24, 2.45) is 0 Å². The Bertz CT molecular complexity index is 1070. The number of amides is 1. The lowest BCUT2D eigenvalue weighted by Gasteiger charge is -2.05. The molecule has 0 aliphatic heterocycles. The summed E-state index contributed by atoms with van der Waals surface area (Å²) >= 11 is 0. The van der Waals surface area contributed by atoms with Crippen LogP contribution >= 0.6 is 0 Å². The van der Waals surface area contributed by atoms with Crippen LogP contribution in [0, 0.1) is 13.8 Å². The summed E-state index contributed by atoms with van der Waals surface area (Å²) in [7, 11) is 0. The number of hydrogen-bond donors (Lipinski definition) is 1. The van der Waals surface area contributed by atoms with E-state index < -0.39 is 0 Å². The quantitative estimate of drug-likeness (QED) is 0.613. The number of rotatable bonds is 4. The zero-order valence-electron chi connectivity index (χ0n) is 14.4. The number of nitrogens with zero attached hydrogens (tertiary/aromatic N) is 4. The molecule has 26 heavy (non-hydrogen) atoms. The van der Waals surface area contributed by atoms with Gasteiger partial charge in [0.25, 0.3) is 5.91 Å². The number of imidazole rings is 1. The number of hydrogen-bond acceptors (Lipinski definition) is 5. The maximum absolute atomic E-state index is 12.5. The van der Waals surface area contributed by atoms with Gasteiger partial charge in [-0.3, -0.25) is 14.2 Å². The van der Waals surface area contributed by atoms with Crippen LogP contribution < -0.4 is 5.32 Å². The first kappa shape index (κ1) is 16.0. The van der Waals surface area contributed by atoms with Gasteiger partial charge in [-0.1, -0.05) is 0 Å². The summed E-state index contributed by atoms with van der Waals surface area (Å²) < 4.78 is 7.14. The minimum atomic E-state index is -0.276. The second kappa shape index (κ2) is 6.44. The highest BCUT2D eigenvalue weighted by Crippen LogP contribution is 2.18. The van der Waals surface area contributed by atoms with Crippen LogP contribution in [0.4, 0.5) is 0 Å². The van der Waals surface area contributed by atoms with E-state index in [1.807, 2.05) is 44.2 Å². The van der Waals surface area contributed by atoms with Gasteiger partial charge in [0.15, 0.2) is 11.3 Å². The maximum Gasteiger partial charge on any atom is 0.274 e. The second-order valence-corrected chi connectivity index (χ2v) is 6.02. The zero-order chi connectivity index (χ0) is 18.1. The molecule has 0 radical (unpaired) electrons. The predicted molar refractivity (Wildman–Crippen MR) is 95.6 cm³/mol. The van der Waals surface area contributed by atoms with E-state index in [4.69, 9.17) is 4.42 Å². The lowest BCUT2D eigenvalue weighted by atomic mass is 10.2. The largest absolute Gasteiger partial charge is 0.464 e. The first-order valence-corrected chi connectivity index (χ1v) is 8.20. The molecule has 0 aliphatic carbocycles. The van der Waals surface area contributed by atoms with Crippen LogP contribution in [0.5, 0.6) is 0 Å². The van der Waals surface area contributed by atoms with E-state index >= 15 is 0 Å². The van der Waals surface area contributed by atoms with E-state index in [-0.39, 0.29) is 5.91 Å². The highest BCUT2D eigenvalue weighted by Gasteiger charge is 2.16. The van der Waals surface area contributed by atoms with Crippen molar-refractivity contribution in [1.82, 2.24) is 24.7 Å². The number of aryl methyl sites for hydroxylation is 2. The summed E-state index contributed by atoms with van der Waals surface area (Å²) in [5, 5.41) is 2.85. The van der Waals surface area contributed by atoms with Crippen LogP contribution in [0.25, 0.3) is 17.0 Å². The fraction of sp³-hybridized carbons (Fsp3) is 0.158. The Balaban J connectivity index is 1.49. The topological polar surface area (TPSA) is 85.3 Å². The van der Waals surface area contributed by atoms with Crippen molar-refractivity contribution in [3.05, 3.63) is 71.9 Å². The van der Waals surface area contributed by atoms with Crippen molar-refractivity contribution in [2.45, 2.75) is 20.4 Å². The normalized spacial score (nSPS) is 11.0. The van der Waals surface area contributed by atoms with Gasteiger partial charge in [-0.15, -0.1) is 0 Å². The minimum absolute atomic E-state index is 0.276. The van der Waals surface area contributed by atoms with E-state index in [2.05, 4.69) is 20.3 Å². The van der Waals surface area contributed by atoms with Crippen LogP contribution in [-0.4, -0.2) is 25.3 Å². The zero-order valence-corrected chi connectivity index (χ0v) is 14.4. The number of carbonyl (C=O) groups excluding carboxylic acids is 1. The van der Waals surface area contributed by atoms with Gasteiger partial charge in [-0.05, 0) is 44.2 Å². The van der Waals surface area contributed by atoms with Gasteiger partial charge in [0, 0.05) is 23.1 Å². The molecule has 0 spiro atoms. The first-order chi connectivity index (χ1) is 12.6. The average molecular weight is 347 g/mol. The van der Waals surface area contributed by atoms with Crippen molar-refractivity contribution in [1.29, 1.82) is 0 Å². The molecule has 0 atom stereocenters. The molecule has 0 unspecified atom stereocenters. The van der Waals surface area contributed by atoms with Crippen LogP contribution in [0.15, 0.2) is 53.5 Å². The highest BCUT2D eigenvalue weighted by atomic mass is 16.3. The Kier molecular flexibility index (Phi) is 3.96. The number of carbonyl (C=O) groups is 1. The summed E-state index contributed by atoms with van der Waals surface area (Å²) in [6, 6.07) is 9.42. The molecule has 7 nitrogen and oxygen atoms in total. The van der Waals surface area contributed by atoms with E-state index in [1.165, 1.54) is 0 Å². The third-order valence-electron chi connectivity index (χ3n) is 4.10.